The first-order valence-electron chi connectivity index (χ1n) is 3.33. The maximum Gasteiger partial charge on any atom is -0.0316 e. The summed E-state index contributed by atoms with van der Waals surface area (Å²) in [4.78, 5) is 0. The zero-order valence-corrected chi connectivity index (χ0v) is 7.83. The van der Waals surface area contributed by atoms with Crippen LogP contribution in [0.2, 0.25) is 0 Å². The maximum absolute atomic E-state index is 2.27. The van der Waals surface area contributed by atoms with Crippen molar-refractivity contribution in [3.8, 4) is 0 Å². The lowest BCUT2D eigenvalue weighted by molar-refractivity contribution is 1.42. The number of hydrogen-bond donors (Lipinski definition) is 0. The first kappa shape index (κ1) is 12.5. The van der Waals surface area contributed by atoms with Gasteiger partial charge in [-0.1, -0.05) is 21.3 Å². The van der Waals surface area contributed by atoms with Crippen LogP contribution < -0.4 is 0 Å². The second-order valence-electron chi connectivity index (χ2n) is 1.71. The predicted molar refractivity (Wildman–Crippen MR) is 54.2 cm³/mol. The van der Waals surface area contributed by atoms with Crippen LogP contribution in [0.25, 0.3) is 0 Å². The molecular formula is C7H20P2. The zero-order chi connectivity index (χ0) is 6.24. The normalized spacial score (nSPS) is 11.3. The molecule has 0 rings (SSSR count). The van der Waals surface area contributed by atoms with Crippen LogP contribution in [0, 0.1) is 0 Å². The second kappa shape index (κ2) is 11.6. The Morgan fingerprint density at radius 1 is 0.889 bits per heavy atom. The summed E-state index contributed by atoms with van der Waals surface area (Å²) in [7, 11) is 2.46. The predicted octanol–water partition coefficient (Wildman–Crippen LogP) is 3.02. The highest BCUT2D eigenvalue weighted by Gasteiger charge is 1.82. The van der Waals surface area contributed by atoms with E-state index in [1.807, 2.05) is 0 Å². The molecule has 2 unspecified atom stereocenters. The summed E-state index contributed by atoms with van der Waals surface area (Å²) < 4.78 is 0. The molecule has 0 aliphatic rings. The van der Waals surface area contributed by atoms with Gasteiger partial charge < -0.3 is 0 Å². The molecule has 0 aromatic carbocycles. The van der Waals surface area contributed by atoms with E-state index >= 15 is 0 Å². The van der Waals surface area contributed by atoms with Gasteiger partial charge in [-0.15, -0.1) is 17.2 Å². The molecule has 0 bridgehead atoms. The van der Waals surface area contributed by atoms with Gasteiger partial charge >= 0.3 is 0 Å². The van der Waals surface area contributed by atoms with E-state index in [-0.39, 0.29) is 7.43 Å². The van der Waals surface area contributed by atoms with Crippen LogP contribution in [0.5, 0.6) is 0 Å². The molecule has 9 heavy (non-hydrogen) atoms. The van der Waals surface area contributed by atoms with Crippen molar-refractivity contribution >= 4 is 17.2 Å². The van der Waals surface area contributed by atoms with Gasteiger partial charge in [-0.05, 0) is 24.6 Å². The first-order chi connectivity index (χ1) is 3.91. The molecule has 0 saturated carbocycles. The molecule has 0 spiro atoms. The fourth-order valence-corrected chi connectivity index (χ4v) is 2.65. The third-order valence-electron chi connectivity index (χ3n) is 0.979. The van der Waals surface area contributed by atoms with E-state index in [0.29, 0.717) is 0 Å². The van der Waals surface area contributed by atoms with Crippen molar-refractivity contribution in [3.05, 3.63) is 0 Å². The Labute approximate surface area is 63.8 Å². The summed E-state index contributed by atoms with van der Waals surface area (Å²) in [5, 5.41) is 0. The Morgan fingerprint density at radius 2 is 1.22 bits per heavy atom. The lowest BCUT2D eigenvalue weighted by Crippen LogP contribution is -1.79. The van der Waals surface area contributed by atoms with E-state index in [9.17, 15) is 0 Å². The smallest absolute Gasteiger partial charge is 0.0316 e. The molecule has 0 fully saturated rings. The molecule has 0 aliphatic carbocycles. The van der Waals surface area contributed by atoms with E-state index in [0.717, 1.165) is 0 Å². The minimum absolute atomic E-state index is 0. The zero-order valence-electron chi connectivity index (χ0n) is 5.83. The fourth-order valence-electron chi connectivity index (χ4n) is 0.530. The van der Waals surface area contributed by atoms with E-state index in [4.69, 9.17) is 0 Å². The van der Waals surface area contributed by atoms with E-state index < -0.39 is 0 Å². The Morgan fingerprint density at radius 3 is 1.44 bits per heavy atom. The van der Waals surface area contributed by atoms with Crippen molar-refractivity contribution in [1.82, 2.24) is 0 Å². The quantitative estimate of drug-likeness (QED) is 0.435. The van der Waals surface area contributed by atoms with Crippen LogP contribution in [-0.2, 0) is 0 Å². The lowest BCUT2D eigenvalue weighted by atomic mass is 10.9. The van der Waals surface area contributed by atoms with Crippen LogP contribution in [0.15, 0.2) is 0 Å². The van der Waals surface area contributed by atoms with Crippen LogP contribution in [0.1, 0.15) is 21.3 Å². The molecule has 0 aromatic rings. The molecule has 2 atom stereocenters. The van der Waals surface area contributed by atoms with Gasteiger partial charge in [0.25, 0.3) is 0 Å². The molecule has 0 heterocycles. The third kappa shape index (κ3) is 12.1. The SMILES string of the molecule is C.CCPCCPCC. The third-order valence-corrected chi connectivity index (χ3v) is 3.69. The van der Waals surface area contributed by atoms with Crippen molar-refractivity contribution < 1.29 is 0 Å². The van der Waals surface area contributed by atoms with Gasteiger partial charge in [-0.25, -0.2) is 0 Å². The molecule has 0 aliphatic heterocycles. The van der Waals surface area contributed by atoms with Gasteiger partial charge in [0.05, 0.1) is 0 Å². The van der Waals surface area contributed by atoms with Crippen molar-refractivity contribution in [2.24, 2.45) is 0 Å². The summed E-state index contributed by atoms with van der Waals surface area (Å²) in [5.74, 6) is 0. The summed E-state index contributed by atoms with van der Waals surface area (Å²) in [6.45, 7) is 4.54. The highest BCUT2D eigenvalue weighted by atomic mass is 31.1. The molecular weight excluding hydrogens is 146 g/mol. The van der Waals surface area contributed by atoms with Crippen molar-refractivity contribution in [2.75, 3.05) is 24.6 Å². The standard InChI is InChI=1S/C6H16P2.CH4/c1-3-7-5-6-8-4-2;/h7-8H,3-6H2,1-2H3;1H4. The second-order valence-corrected chi connectivity index (χ2v) is 5.12. The van der Waals surface area contributed by atoms with Gasteiger partial charge in [0.1, 0.15) is 0 Å². The maximum atomic E-state index is 2.27. The molecule has 0 radical (unpaired) electrons. The van der Waals surface area contributed by atoms with Crippen LogP contribution >= 0.6 is 17.2 Å². The minimum Gasteiger partial charge on any atom is -0.122 e. The molecule has 0 N–H and O–H groups in total. The molecule has 58 valence electrons. The van der Waals surface area contributed by atoms with Crippen LogP contribution in [-0.4, -0.2) is 24.6 Å². The fraction of sp³-hybridized carbons (Fsp3) is 1.00. The van der Waals surface area contributed by atoms with Gasteiger partial charge in [-0.2, -0.15) is 0 Å². The van der Waals surface area contributed by atoms with E-state index in [2.05, 4.69) is 13.8 Å². The summed E-state index contributed by atoms with van der Waals surface area (Å²) in [6, 6.07) is 0. The molecule has 0 aromatic heterocycles. The molecule has 0 saturated heterocycles. The Bertz CT molecular complexity index is 31.9. The highest BCUT2D eigenvalue weighted by Crippen LogP contribution is 2.15. The Balaban J connectivity index is 0. The first-order valence-corrected chi connectivity index (χ1v) is 6.16. The van der Waals surface area contributed by atoms with Crippen molar-refractivity contribution in [2.45, 2.75) is 21.3 Å². The monoisotopic (exact) mass is 166 g/mol. The summed E-state index contributed by atoms with van der Waals surface area (Å²) in [5.41, 5.74) is 0. The molecule has 0 amide bonds. The van der Waals surface area contributed by atoms with E-state index in [1.165, 1.54) is 41.8 Å². The van der Waals surface area contributed by atoms with Crippen LogP contribution in [0.3, 0.4) is 0 Å². The summed E-state index contributed by atoms with van der Waals surface area (Å²) in [6.07, 6.45) is 5.77. The average molecular weight is 166 g/mol. The Hall–Kier alpha value is 0.860. The van der Waals surface area contributed by atoms with Crippen molar-refractivity contribution in [1.29, 1.82) is 0 Å². The van der Waals surface area contributed by atoms with Crippen molar-refractivity contribution in [3.63, 3.8) is 0 Å². The number of hydrogen-bond acceptors (Lipinski definition) is 0. The lowest BCUT2D eigenvalue weighted by Gasteiger charge is -1.94. The van der Waals surface area contributed by atoms with Crippen LogP contribution in [0.4, 0.5) is 0 Å². The van der Waals surface area contributed by atoms with Gasteiger partial charge in [0.15, 0.2) is 0 Å². The van der Waals surface area contributed by atoms with E-state index in [1.54, 1.807) is 0 Å². The van der Waals surface area contributed by atoms with Gasteiger partial charge in [0.2, 0.25) is 0 Å². The summed E-state index contributed by atoms with van der Waals surface area (Å²) >= 11 is 0. The van der Waals surface area contributed by atoms with Gasteiger partial charge in [-0.3, -0.25) is 0 Å². The molecule has 0 nitrogen and oxygen atoms in total. The topological polar surface area (TPSA) is 0 Å². The number of rotatable bonds is 5. The highest BCUT2D eigenvalue weighted by molar-refractivity contribution is 7.42. The Kier molecular flexibility index (Phi) is 16.2. The van der Waals surface area contributed by atoms with Gasteiger partial charge in [0, 0.05) is 0 Å². The average Bonchev–Trinajstić information content (AvgIpc) is 1.81. The molecule has 2 heteroatoms. The minimum atomic E-state index is 0. The largest absolute Gasteiger partial charge is 0.122 e.